The van der Waals surface area contributed by atoms with Crippen LogP contribution >= 0.6 is 0 Å². The first-order valence-electron chi connectivity index (χ1n) is 6.85. The van der Waals surface area contributed by atoms with E-state index in [9.17, 15) is 4.79 Å². The molecule has 4 nitrogen and oxygen atoms in total. The molecule has 104 valence electrons. The number of esters is 1. The van der Waals surface area contributed by atoms with Gasteiger partial charge in [0.25, 0.3) is 0 Å². The molecular weight excluding hydrogens is 255 g/mol. The Labute approximate surface area is 119 Å². The maximum absolute atomic E-state index is 12.0. The number of fused-ring (bicyclic) bond motifs is 2. The lowest BCUT2D eigenvalue weighted by atomic mass is 9.84. The summed E-state index contributed by atoms with van der Waals surface area (Å²) in [6.45, 7) is 2.70. The fourth-order valence-corrected chi connectivity index (χ4v) is 2.96. The first kappa shape index (κ1) is 13.6. The third kappa shape index (κ3) is 2.36. The third-order valence-corrected chi connectivity index (χ3v) is 4.22. The van der Waals surface area contributed by atoms with E-state index in [4.69, 9.17) is 22.1 Å². The summed E-state index contributed by atoms with van der Waals surface area (Å²) in [5, 5.41) is 0. The van der Waals surface area contributed by atoms with Crippen molar-refractivity contribution in [3.8, 4) is 0 Å². The fraction of sp³-hybridized carbons (Fsp3) is 0.533. The molecule has 1 aromatic rings. The normalized spacial score (nSPS) is 35.1. The molecule has 0 aliphatic carbocycles. The van der Waals surface area contributed by atoms with Gasteiger partial charge in [0.2, 0.25) is 0 Å². The molecule has 2 radical (unpaired) electrons. The van der Waals surface area contributed by atoms with Gasteiger partial charge in [-0.3, -0.25) is 4.79 Å². The van der Waals surface area contributed by atoms with Crippen LogP contribution in [0.4, 0.5) is 0 Å². The predicted molar refractivity (Wildman–Crippen MR) is 73.1 cm³/mol. The lowest BCUT2D eigenvalue weighted by Crippen LogP contribution is -2.40. The molecule has 0 aromatic heterocycles. The maximum atomic E-state index is 12.0. The number of carbonyl (C=O) groups is 1. The Kier molecular flexibility index (Phi) is 3.56. The summed E-state index contributed by atoms with van der Waals surface area (Å²) in [4.78, 5) is 12.0. The Morgan fingerprint density at radius 2 is 2.20 bits per heavy atom. The highest BCUT2D eigenvalue weighted by Crippen LogP contribution is 2.45. The predicted octanol–water partition coefficient (Wildman–Crippen LogP) is 1.42. The van der Waals surface area contributed by atoms with Gasteiger partial charge in [-0.2, -0.15) is 0 Å². The lowest BCUT2D eigenvalue weighted by Gasteiger charge is -2.29. The highest BCUT2D eigenvalue weighted by atomic mass is 16.6. The van der Waals surface area contributed by atoms with Crippen LogP contribution in [0.25, 0.3) is 0 Å². The second-order valence-corrected chi connectivity index (χ2v) is 5.53. The van der Waals surface area contributed by atoms with E-state index in [1.807, 2.05) is 37.3 Å². The third-order valence-electron chi connectivity index (χ3n) is 4.22. The average Bonchev–Trinajstić information content (AvgIpc) is 2.86. The number of rotatable bonds is 4. The number of benzene rings is 1. The van der Waals surface area contributed by atoms with E-state index in [0.29, 0.717) is 6.61 Å². The molecule has 0 saturated carbocycles. The molecule has 2 aliphatic rings. The first-order chi connectivity index (χ1) is 9.61. The summed E-state index contributed by atoms with van der Waals surface area (Å²) in [5.41, 5.74) is 0.355. The lowest BCUT2D eigenvalue weighted by molar-refractivity contribution is -0.160. The van der Waals surface area contributed by atoms with Crippen molar-refractivity contribution in [2.24, 2.45) is 5.92 Å². The van der Waals surface area contributed by atoms with Crippen LogP contribution in [0.3, 0.4) is 0 Å². The molecule has 2 saturated heterocycles. The van der Waals surface area contributed by atoms with Crippen molar-refractivity contribution in [2.45, 2.75) is 37.7 Å². The molecular formula is C15H17BO4. The van der Waals surface area contributed by atoms with Crippen molar-refractivity contribution < 1.29 is 19.0 Å². The molecule has 20 heavy (non-hydrogen) atoms. The molecule has 2 fully saturated rings. The van der Waals surface area contributed by atoms with Gasteiger partial charge in [-0.05, 0) is 5.56 Å². The minimum atomic E-state index is -0.613. The average molecular weight is 272 g/mol. The topological polar surface area (TPSA) is 44.8 Å². The molecule has 1 unspecified atom stereocenters. The van der Waals surface area contributed by atoms with Crippen LogP contribution in [0.5, 0.6) is 0 Å². The minimum Gasteiger partial charge on any atom is -0.461 e. The Hall–Kier alpha value is -1.33. The molecule has 0 spiro atoms. The molecule has 2 heterocycles. The van der Waals surface area contributed by atoms with Gasteiger partial charge in [0, 0.05) is 11.9 Å². The Balaban J connectivity index is 1.57. The van der Waals surface area contributed by atoms with Gasteiger partial charge in [0.05, 0.1) is 19.1 Å². The number of carbonyl (C=O) groups excluding carboxylic acids is 1. The SMILES string of the molecule is [B][C@@H]1O[C@@]2(CC(=O)OCc3ccccc3)CO[C@H]1C2C. The van der Waals surface area contributed by atoms with Crippen LogP contribution in [0, 0.1) is 5.92 Å². The van der Waals surface area contributed by atoms with E-state index < -0.39 is 11.6 Å². The number of ether oxygens (including phenoxy) is 3. The van der Waals surface area contributed by atoms with Crippen molar-refractivity contribution in [1.29, 1.82) is 0 Å². The zero-order valence-electron chi connectivity index (χ0n) is 11.5. The van der Waals surface area contributed by atoms with Crippen LogP contribution in [-0.2, 0) is 25.6 Å². The fourth-order valence-electron chi connectivity index (χ4n) is 2.96. The molecule has 2 aliphatic heterocycles. The standard InChI is InChI=1S/C15H17BO4/c1-10-13-14(16)20-15(10,9-19-13)7-12(17)18-8-11-5-3-2-4-6-11/h2-6,10,13-14H,7-9H2,1H3/t10?,13-,14+,15-/m0/s1. The van der Waals surface area contributed by atoms with Crippen molar-refractivity contribution >= 4 is 13.8 Å². The van der Waals surface area contributed by atoms with E-state index >= 15 is 0 Å². The molecule has 0 N–H and O–H groups in total. The van der Waals surface area contributed by atoms with E-state index in [1.54, 1.807) is 0 Å². The summed E-state index contributed by atoms with van der Waals surface area (Å²) in [7, 11) is 5.84. The summed E-state index contributed by atoms with van der Waals surface area (Å²) < 4.78 is 16.6. The van der Waals surface area contributed by atoms with Gasteiger partial charge in [-0.25, -0.2) is 0 Å². The quantitative estimate of drug-likeness (QED) is 0.614. The van der Waals surface area contributed by atoms with Gasteiger partial charge >= 0.3 is 5.97 Å². The van der Waals surface area contributed by atoms with Gasteiger partial charge in [0.1, 0.15) is 20.1 Å². The second kappa shape index (κ2) is 5.22. The van der Waals surface area contributed by atoms with Crippen molar-refractivity contribution in [2.75, 3.05) is 6.61 Å². The molecule has 5 heteroatoms. The van der Waals surface area contributed by atoms with Crippen LogP contribution in [0.1, 0.15) is 18.9 Å². The number of hydrogen-bond donors (Lipinski definition) is 0. The van der Waals surface area contributed by atoms with E-state index in [1.165, 1.54) is 0 Å². The smallest absolute Gasteiger partial charge is 0.309 e. The minimum absolute atomic E-state index is 0.113. The van der Waals surface area contributed by atoms with Crippen molar-refractivity contribution in [3.05, 3.63) is 35.9 Å². The Bertz CT molecular complexity index is 492. The molecule has 1 aromatic carbocycles. The first-order valence-corrected chi connectivity index (χ1v) is 6.85. The summed E-state index contributed by atoms with van der Waals surface area (Å²) in [6.07, 6.45) is 0.0718. The summed E-state index contributed by atoms with van der Waals surface area (Å²) >= 11 is 0. The zero-order valence-corrected chi connectivity index (χ0v) is 11.5. The molecule has 0 amide bonds. The van der Waals surface area contributed by atoms with Crippen molar-refractivity contribution in [1.82, 2.24) is 0 Å². The summed E-state index contributed by atoms with van der Waals surface area (Å²) in [5.74, 6) is -0.166. The van der Waals surface area contributed by atoms with Crippen LogP contribution < -0.4 is 0 Å². The van der Waals surface area contributed by atoms with Gasteiger partial charge in [-0.1, -0.05) is 37.3 Å². The van der Waals surface area contributed by atoms with Gasteiger partial charge in [0.15, 0.2) is 0 Å². The van der Waals surface area contributed by atoms with Gasteiger partial charge in [-0.15, -0.1) is 0 Å². The largest absolute Gasteiger partial charge is 0.461 e. The van der Waals surface area contributed by atoms with E-state index in [2.05, 4.69) is 0 Å². The highest BCUT2D eigenvalue weighted by Gasteiger charge is 2.58. The van der Waals surface area contributed by atoms with Crippen molar-refractivity contribution in [3.63, 3.8) is 0 Å². The monoisotopic (exact) mass is 272 g/mol. The van der Waals surface area contributed by atoms with E-state index in [-0.39, 0.29) is 31.0 Å². The number of hydrogen-bond acceptors (Lipinski definition) is 4. The molecule has 2 bridgehead atoms. The second-order valence-electron chi connectivity index (χ2n) is 5.53. The van der Waals surface area contributed by atoms with Gasteiger partial charge < -0.3 is 14.2 Å². The van der Waals surface area contributed by atoms with Crippen LogP contribution in [-0.4, -0.2) is 38.1 Å². The zero-order chi connectivity index (χ0) is 14.2. The Morgan fingerprint density at radius 3 is 2.80 bits per heavy atom. The maximum Gasteiger partial charge on any atom is 0.309 e. The van der Waals surface area contributed by atoms with Crippen LogP contribution in [0.2, 0.25) is 0 Å². The summed E-state index contributed by atoms with van der Waals surface area (Å²) in [6, 6.07) is 9.16. The molecule has 3 rings (SSSR count). The molecule has 4 atom stereocenters. The Morgan fingerprint density at radius 1 is 1.45 bits per heavy atom. The van der Waals surface area contributed by atoms with E-state index in [0.717, 1.165) is 5.56 Å². The highest BCUT2D eigenvalue weighted by molar-refractivity contribution is 6.11. The van der Waals surface area contributed by atoms with Crippen LogP contribution in [0.15, 0.2) is 30.3 Å².